The van der Waals surface area contributed by atoms with E-state index in [1.54, 1.807) is 0 Å². The molecule has 2 rings (SSSR count). The second-order valence-electron chi connectivity index (χ2n) is 5.39. The Labute approximate surface area is 125 Å². The van der Waals surface area contributed by atoms with E-state index in [1.807, 2.05) is 0 Å². The molecule has 1 aliphatic rings. The molecule has 0 aliphatic carbocycles. The van der Waals surface area contributed by atoms with E-state index < -0.39 is 9.84 Å². The van der Waals surface area contributed by atoms with Crippen LogP contribution < -0.4 is 5.32 Å². The highest BCUT2D eigenvalue weighted by molar-refractivity contribution is 7.91. The first-order chi connectivity index (χ1) is 9.50. The Morgan fingerprint density at radius 2 is 2.30 bits per heavy atom. The molecule has 2 N–H and O–H groups in total. The summed E-state index contributed by atoms with van der Waals surface area (Å²) in [6, 6.07) is 0.0206. The van der Waals surface area contributed by atoms with E-state index in [1.165, 1.54) is 0 Å². The van der Waals surface area contributed by atoms with Gasteiger partial charge in [-0.3, -0.25) is 0 Å². The van der Waals surface area contributed by atoms with Crippen LogP contribution in [0.15, 0.2) is 0 Å². The van der Waals surface area contributed by atoms with Crippen LogP contribution in [0.1, 0.15) is 44.1 Å². The number of sulfone groups is 1. The van der Waals surface area contributed by atoms with Crippen LogP contribution in [0.25, 0.3) is 0 Å². The standard InChI is InChI=1S/C13H22ClN3O2S/c1-2-3-6-12-16-11(13(14)17-12)8-15-10-5-4-7-20(18,19)9-10/h10,15H,2-9H2,1H3,(H,16,17). The molecule has 1 aliphatic heterocycles. The number of rotatable bonds is 6. The predicted octanol–water partition coefficient (Wildman–Crippen LogP) is 2.07. The smallest absolute Gasteiger partial charge is 0.151 e. The number of H-pyrrole nitrogens is 1. The average molecular weight is 320 g/mol. The zero-order valence-electron chi connectivity index (χ0n) is 11.8. The summed E-state index contributed by atoms with van der Waals surface area (Å²) in [6.45, 7) is 2.68. The maximum Gasteiger partial charge on any atom is 0.151 e. The Morgan fingerprint density at radius 1 is 1.50 bits per heavy atom. The molecule has 0 radical (unpaired) electrons. The highest BCUT2D eigenvalue weighted by Crippen LogP contribution is 2.16. The van der Waals surface area contributed by atoms with Crippen LogP contribution in [0.3, 0.4) is 0 Å². The van der Waals surface area contributed by atoms with E-state index in [9.17, 15) is 8.42 Å². The van der Waals surface area contributed by atoms with Crippen molar-refractivity contribution in [3.63, 3.8) is 0 Å². The number of aromatic nitrogens is 2. The van der Waals surface area contributed by atoms with Gasteiger partial charge in [0.25, 0.3) is 0 Å². The number of imidazole rings is 1. The molecule has 1 saturated heterocycles. The van der Waals surface area contributed by atoms with Gasteiger partial charge < -0.3 is 10.3 Å². The molecule has 20 heavy (non-hydrogen) atoms. The second kappa shape index (κ2) is 6.91. The molecule has 1 aromatic heterocycles. The monoisotopic (exact) mass is 319 g/mol. The van der Waals surface area contributed by atoms with Gasteiger partial charge >= 0.3 is 0 Å². The molecule has 1 fully saturated rings. The molecule has 0 saturated carbocycles. The third-order valence-electron chi connectivity index (χ3n) is 3.58. The number of unbranched alkanes of at least 4 members (excludes halogenated alkanes) is 1. The summed E-state index contributed by atoms with van der Waals surface area (Å²) >= 11 is 6.10. The van der Waals surface area contributed by atoms with E-state index >= 15 is 0 Å². The maximum absolute atomic E-state index is 11.6. The molecular formula is C13H22ClN3O2S. The summed E-state index contributed by atoms with van der Waals surface area (Å²) in [7, 11) is -2.87. The van der Waals surface area contributed by atoms with Crippen LogP contribution >= 0.6 is 11.6 Å². The highest BCUT2D eigenvalue weighted by Gasteiger charge is 2.24. The lowest BCUT2D eigenvalue weighted by Gasteiger charge is -2.22. The van der Waals surface area contributed by atoms with Gasteiger partial charge in [-0.15, -0.1) is 0 Å². The topological polar surface area (TPSA) is 74.8 Å². The Kier molecular flexibility index (Phi) is 5.46. The quantitative estimate of drug-likeness (QED) is 0.841. The first-order valence-electron chi connectivity index (χ1n) is 7.17. The fourth-order valence-electron chi connectivity index (χ4n) is 2.45. The summed E-state index contributed by atoms with van der Waals surface area (Å²) in [5, 5.41) is 3.76. The van der Waals surface area contributed by atoms with Crippen molar-refractivity contribution in [3.8, 4) is 0 Å². The third kappa shape index (κ3) is 4.46. The lowest BCUT2D eigenvalue weighted by molar-refractivity contribution is 0.477. The average Bonchev–Trinajstić information content (AvgIpc) is 2.73. The van der Waals surface area contributed by atoms with E-state index in [2.05, 4.69) is 22.2 Å². The Bertz CT molecular complexity index is 542. The van der Waals surface area contributed by atoms with Crippen molar-refractivity contribution >= 4 is 21.4 Å². The van der Waals surface area contributed by atoms with Gasteiger partial charge in [0, 0.05) is 19.0 Å². The summed E-state index contributed by atoms with van der Waals surface area (Å²) in [4.78, 5) is 7.51. The van der Waals surface area contributed by atoms with Gasteiger partial charge in [0.05, 0.1) is 17.2 Å². The number of hydrogen-bond acceptors (Lipinski definition) is 4. The zero-order valence-corrected chi connectivity index (χ0v) is 13.4. The van der Waals surface area contributed by atoms with Crippen molar-refractivity contribution in [1.82, 2.24) is 15.3 Å². The first-order valence-corrected chi connectivity index (χ1v) is 9.37. The summed E-state index contributed by atoms with van der Waals surface area (Å²) in [5.41, 5.74) is 0.848. The highest BCUT2D eigenvalue weighted by atomic mass is 35.5. The van der Waals surface area contributed by atoms with Crippen LogP contribution in [0.5, 0.6) is 0 Å². The Morgan fingerprint density at radius 3 is 3.00 bits per heavy atom. The minimum Gasteiger partial charge on any atom is -0.344 e. The Balaban J connectivity index is 1.88. The van der Waals surface area contributed by atoms with E-state index in [4.69, 9.17) is 11.6 Å². The molecule has 1 unspecified atom stereocenters. The molecule has 0 aromatic carbocycles. The molecule has 7 heteroatoms. The maximum atomic E-state index is 11.6. The minimum atomic E-state index is -2.87. The van der Waals surface area contributed by atoms with Crippen LogP contribution in [-0.4, -0.2) is 35.9 Å². The van der Waals surface area contributed by atoms with Crippen LogP contribution in [0.4, 0.5) is 0 Å². The van der Waals surface area contributed by atoms with Crippen molar-refractivity contribution in [2.75, 3.05) is 11.5 Å². The minimum absolute atomic E-state index is 0.0206. The third-order valence-corrected chi connectivity index (χ3v) is 5.71. The van der Waals surface area contributed by atoms with E-state index in [0.717, 1.165) is 43.6 Å². The number of nitrogens with one attached hydrogen (secondary N) is 2. The molecule has 0 bridgehead atoms. The summed E-state index contributed by atoms with van der Waals surface area (Å²) in [6.07, 6.45) is 4.73. The van der Waals surface area contributed by atoms with Crippen LogP contribution in [0, 0.1) is 0 Å². The van der Waals surface area contributed by atoms with Crippen LogP contribution in [-0.2, 0) is 22.8 Å². The predicted molar refractivity (Wildman–Crippen MR) is 80.7 cm³/mol. The fraction of sp³-hybridized carbons (Fsp3) is 0.769. The molecule has 0 amide bonds. The van der Waals surface area contributed by atoms with E-state index in [-0.39, 0.29) is 11.8 Å². The van der Waals surface area contributed by atoms with Gasteiger partial charge in [-0.1, -0.05) is 24.9 Å². The number of nitrogens with zero attached hydrogens (tertiary/aromatic N) is 1. The molecule has 5 nitrogen and oxygen atoms in total. The van der Waals surface area contributed by atoms with Gasteiger partial charge in [-0.2, -0.15) is 0 Å². The summed E-state index contributed by atoms with van der Waals surface area (Å²) in [5.74, 6) is 1.45. The van der Waals surface area contributed by atoms with Gasteiger partial charge in [0.15, 0.2) is 15.0 Å². The zero-order chi connectivity index (χ0) is 14.6. The number of aryl methyl sites for hydroxylation is 1. The van der Waals surface area contributed by atoms with E-state index in [0.29, 0.717) is 17.5 Å². The molecule has 2 heterocycles. The van der Waals surface area contributed by atoms with Gasteiger partial charge in [-0.05, 0) is 19.3 Å². The normalized spacial score (nSPS) is 22.0. The second-order valence-corrected chi connectivity index (χ2v) is 7.98. The van der Waals surface area contributed by atoms with Gasteiger partial charge in [0.1, 0.15) is 5.82 Å². The molecule has 0 spiro atoms. The van der Waals surface area contributed by atoms with Crippen molar-refractivity contribution in [3.05, 3.63) is 16.7 Å². The molecule has 1 atom stereocenters. The van der Waals surface area contributed by atoms with Crippen molar-refractivity contribution in [2.24, 2.45) is 0 Å². The largest absolute Gasteiger partial charge is 0.344 e. The number of halogens is 1. The van der Waals surface area contributed by atoms with Gasteiger partial charge in [0.2, 0.25) is 0 Å². The Hall–Kier alpha value is -0.590. The number of hydrogen-bond donors (Lipinski definition) is 2. The number of aromatic amines is 1. The first kappa shape index (κ1) is 15.8. The van der Waals surface area contributed by atoms with Crippen molar-refractivity contribution in [2.45, 2.75) is 51.6 Å². The van der Waals surface area contributed by atoms with Gasteiger partial charge in [-0.25, -0.2) is 13.4 Å². The molecule has 1 aromatic rings. The van der Waals surface area contributed by atoms with Crippen LogP contribution in [0.2, 0.25) is 5.15 Å². The SMILES string of the molecule is CCCCc1nc(Cl)c(CNC2CCCS(=O)(=O)C2)[nH]1. The lowest BCUT2D eigenvalue weighted by Crippen LogP contribution is -2.39. The summed E-state index contributed by atoms with van der Waals surface area (Å²) < 4.78 is 23.2. The molecular weight excluding hydrogens is 298 g/mol. The fourth-order valence-corrected chi connectivity index (χ4v) is 4.34. The van der Waals surface area contributed by atoms with Crippen molar-refractivity contribution < 1.29 is 8.42 Å². The molecule has 114 valence electrons. The lowest BCUT2D eigenvalue weighted by atomic mass is 10.2. The van der Waals surface area contributed by atoms with Crippen molar-refractivity contribution in [1.29, 1.82) is 0 Å².